The van der Waals surface area contributed by atoms with Gasteiger partial charge in [-0.05, 0) is 30.9 Å². The summed E-state index contributed by atoms with van der Waals surface area (Å²) < 4.78 is 0. The van der Waals surface area contributed by atoms with Gasteiger partial charge in [0.2, 0.25) is 5.91 Å². The van der Waals surface area contributed by atoms with Gasteiger partial charge < -0.3 is 16.4 Å². The van der Waals surface area contributed by atoms with Crippen molar-refractivity contribution in [2.24, 2.45) is 16.6 Å². The summed E-state index contributed by atoms with van der Waals surface area (Å²) in [6.45, 7) is 1.02. The lowest BCUT2D eigenvalue weighted by Gasteiger charge is -2.20. The molecule has 1 aliphatic rings. The maximum atomic E-state index is 11.8. The van der Waals surface area contributed by atoms with Crippen LogP contribution in [0.2, 0.25) is 0 Å². The molecule has 1 aromatic carbocycles. The van der Waals surface area contributed by atoms with Crippen LogP contribution >= 0.6 is 0 Å². The lowest BCUT2D eigenvalue weighted by molar-refractivity contribution is -0.122. The largest absolute Gasteiger partial charge is 0.370 e. The van der Waals surface area contributed by atoms with E-state index in [4.69, 9.17) is 5.73 Å². The van der Waals surface area contributed by atoms with Crippen molar-refractivity contribution >= 4 is 17.6 Å². The van der Waals surface area contributed by atoms with Gasteiger partial charge in [0.25, 0.3) is 0 Å². The van der Waals surface area contributed by atoms with Crippen LogP contribution in [0.5, 0.6) is 0 Å². The highest BCUT2D eigenvalue weighted by Crippen LogP contribution is 2.25. The number of hydrogen-bond donors (Lipinski definition) is 3. The summed E-state index contributed by atoms with van der Waals surface area (Å²) >= 11 is 0. The highest BCUT2D eigenvalue weighted by atomic mass is 16.1. The molecule has 1 fully saturated rings. The predicted octanol–water partition coefficient (Wildman–Crippen LogP) is 2.50. The van der Waals surface area contributed by atoms with E-state index in [0.29, 0.717) is 31.4 Å². The summed E-state index contributed by atoms with van der Waals surface area (Å²) in [6.07, 6.45) is 6.90. The van der Waals surface area contributed by atoms with Crippen LogP contribution in [0, 0.1) is 5.92 Å². The van der Waals surface area contributed by atoms with Crippen molar-refractivity contribution in [1.29, 1.82) is 0 Å². The topological polar surface area (TPSA) is 79.5 Å². The lowest BCUT2D eigenvalue weighted by Crippen LogP contribution is -2.30. The van der Waals surface area contributed by atoms with Crippen molar-refractivity contribution in [1.82, 2.24) is 5.32 Å². The fourth-order valence-electron chi connectivity index (χ4n) is 2.81. The van der Waals surface area contributed by atoms with E-state index >= 15 is 0 Å². The Morgan fingerprint density at radius 2 is 1.91 bits per heavy atom. The molecular formula is C17H26N4O. The molecule has 4 N–H and O–H groups in total. The number of benzene rings is 1. The number of rotatable bonds is 6. The quantitative estimate of drug-likeness (QED) is 0.429. The van der Waals surface area contributed by atoms with Crippen molar-refractivity contribution in [2.75, 3.05) is 18.4 Å². The number of nitrogens with one attached hydrogen (secondary N) is 2. The molecule has 120 valence electrons. The van der Waals surface area contributed by atoms with E-state index in [1.54, 1.807) is 0 Å². The summed E-state index contributed by atoms with van der Waals surface area (Å²) in [7, 11) is 0. The zero-order chi connectivity index (χ0) is 15.6. The third kappa shape index (κ3) is 6.16. The Kier molecular flexibility index (Phi) is 6.74. The molecule has 0 atom stereocenters. The number of carbonyl (C=O) groups excluding carboxylic acids is 1. The normalized spacial score (nSPS) is 16.3. The van der Waals surface area contributed by atoms with E-state index in [-0.39, 0.29) is 5.91 Å². The van der Waals surface area contributed by atoms with E-state index in [1.165, 1.54) is 32.1 Å². The minimum absolute atomic E-state index is 0.136. The molecule has 2 rings (SSSR count). The Hall–Kier alpha value is -2.04. The van der Waals surface area contributed by atoms with Gasteiger partial charge in [-0.2, -0.15) is 0 Å². The van der Waals surface area contributed by atoms with Crippen LogP contribution < -0.4 is 16.4 Å². The average Bonchev–Trinajstić information content (AvgIpc) is 2.53. The molecule has 22 heavy (non-hydrogen) atoms. The number of carbonyl (C=O) groups is 1. The van der Waals surface area contributed by atoms with E-state index in [1.807, 2.05) is 30.3 Å². The molecule has 0 aromatic heterocycles. The van der Waals surface area contributed by atoms with Crippen LogP contribution in [0.4, 0.5) is 5.69 Å². The van der Waals surface area contributed by atoms with Gasteiger partial charge in [-0.15, -0.1) is 0 Å². The first-order valence-corrected chi connectivity index (χ1v) is 8.13. The first-order chi connectivity index (χ1) is 10.7. The van der Waals surface area contributed by atoms with Gasteiger partial charge in [0.15, 0.2) is 5.96 Å². The number of nitrogens with zero attached hydrogens (tertiary/aromatic N) is 1. The second-order valence-corrected chi connectivity index (χ2v) is 5.82. The van der Waals surface area contributed by atoms with Gasteiger partial charge in [0, 0.05) is 18.7 Å². The molecule has 0 aliphatic heterocycles. The predicted molar refractivity (Wildman–Crippen MR) is 90.8 cm³/mol. The van der Waals surface area contributed by atoms with Gasteiger partial charge in [-0.3, -0.25) is 9.79 Å². The fourth-order valence-corrected chi connectivity index (χ4v) is 2.81. The van der Waals surface area contributed by atoms with E-state index in [9.17, 15) is 4.79 Å². The van der Waals surface area contributed by atoms with Crippen LogP contribution in [0.3, 0.4) is 0 Å². The monoisotopic (exact) mass is 302 g/mol. The molecule has 0 unspecified atom stereocenters. The van der Waals surface area contributed by atoms with Crippen molar-refractivity contribution in [3.8, 4) is 0 Å². The van der Waals surface area contributed by atoms with Gasteiger partial charge >= 0.3 is 0 Å². The van der Waals surface area contributed by atoms with Gasteiger partial charge in [0.1, 0.15) is 0 Å². The van der Waals surface area contributed by atoms with Crippen molar-refractivity contribution in [3.63, 3.8) is 0 Å². The minimum Gasteiger partial charge on any atom is -0.370 e. The molecule has 0 spiro atoms. The van der Waals surface area contributed by atoms with Crippen LogP contribution in [0.15, 0.2) is 35.3 Å². The Morgan fingerprint density at radius 1 is 1.18 bits per heavy atom. The number of nitrogens with two attached hydrogens (primary N) is 1. The zero-order valence-corrected chi connectivity index (χ0v) is 13.1. The number of para-hydroxylation sites is 1. The summed E-state index contributed by atoms with van der Waals surface area (Å²) in [5, 5.41) is 5.93. The molecule has 1 saturated carbocycles. The van der Waals surface area contributed by atoms with Gasteiger partial charge in [-0.25, -0.2) is 0 Å². The lowest BCUT2D eigenvalue weighted by atomic mass is 9.87. The Bertz CT molecular complexity index is 481. The molecule has 0 heterocycles. The Balaban J connectivity index is 1.61. The third-order valence-corrected chi connectivity index (χ3v) is 3.96. The molecule has 5 nitrogen and oxygen atoms in total. The summed E-state index contributed by atoms with van der Waals surface area (Å²) in [5.41, 5.74) is 6.71. The van der Waals surface area contributed by atoms with Crippen LogP contribution in [-0.2, 0) is 4.79 Å². The second kappa shape index (κ2) is 9.07. The molecule has 5 heteroatoms. The number of hydrogen-bond acceptors (Lipinski definition) is 2. The smallest absolute Gasteiger partial charge is 0.220 e. The molecule has 1 aliphatic carbocycles. The van der Waals surface area contributed by atoms with Crippen LogP contribution in [0.25, 0.3) is 0 Å². The summed E-state index contributed by atoms with van der Waals surface area (Å²) in [4.78, 5) is 16.0. The SMILES string of the molecule is NC(=NCCNC(=O)CC1CCCCC1)Nc1ccccc1. The average molecular weight is 302 g/mol. The van der Waals surface area contributed by atoms with E-state index in [0.717, 1.165) is 5.69 Å². The maximum Gasteiger partial charge on any atom is 0.220 e. The highest BCUT2D eigenvalue weighted by Gasteiger charge is 2.16. The maximum absolute atomic E-state index is 11.8. The number of amides is 1. The van der Waals surface area contributed by atoms with E-state index < -0.39 is 0 Å². The number of guanidine groups is 1. The summed E-state index contributed by atoms with van der Waals surface area (Å²) in [5.74, 6) is 1.08. The molecule has 0 bridgehead atoms. The number of aliphatic imine (C=N–C) groups is 1. The molecule has 1 aromatic rings. The van der Waals surface area contributed by atoms with Crippen molar-refractivity contribution < 1.29 is 4.79 Å². The van der Waals surface area contributed by atoms with Crippen molar-refractivity contribution in [3.05, 3.63) is 30.3 Å². The van der Waals surface area contributed by atoms with Crippen LogP contribution in [0.1, 0.15) is 38.5 Å². The first kappa shape index (κ1) is 16.3. The molecular weight excluding hydrogens is 276 g/mol. The van der Waals surface area contributed by atoms with E-state index in [2.05, 4.69) is 15.6 Å². The summed E-state index contributed by atoms with van der Waals surface area (Å²) in [6, 6.07) is 9.66. The standard InChI is InChI=1S/C17H26N4O/c18-17(21-15-9-5-2-6-10-15)20-12-11-19-16(22)13-14-7-3-1-4-8-14/h2,5-6,9-10,14H,1,3-4,7-8,11-13H2,(H,19,22)(H3,18,20,21). The van der Waals surface area contributed by atoms with Gasteiger partial charge in [-0.1, -0.05) is 37.5 Å². The second-order valence-electron chi connectivity index (χ2n) is 5.82. The highest BCUT2D eigenvalue weighted by molar-refractivity contribution is 5.92. The van der Waals surface area contributed by atoms with Crippen LogP contribution in [-0.4, -0.2) is 25.0 Å². The Labute approximate surface area is 132 Å². The molecule has 0 saturated heterocycles. The molecule has 0 radical (unpaired) electrons. The first-order valence-electron chi connectivity index (χ1n) is 8.13. The van der Waals surface area contributed by atoms with Crippen molar-refractivity contribution in [2.45, 2.75) is 38.5 Å². The molecule has 1 amide bonds. The van der Waals surface area contributed by atoms with Gasteiger partial charge in [0.05, 0.1) is 6.54 Å². The Morgan fingerprint density at radius 3 is 2.64 bits per heavy atom. The number of anilines is 1. The zero-order valence-electron chi connectivity index (χ0n) is 13.1. The third-order valence-electron chi connectivity index (χ3n) is 3.96. The minimum atomic E-state index is 0.136. The fraction of sp³-hybridized carbons (Fsp3) is 0.529.